The first-order chi connectivity index (χ1) is 16.6. The van der Waals surface area contributed by atoms with Crippen LogP contribution in [-0.4, -0.2) is 41.3 Å². The van der Waals surface area contributed by atoms with E-state index < -0.39 is 0 Å². The monoisotopic (exact) mass is 459 g/mol. The van der Waals surface area contributed by atoms with Crippen molar-refractivity contribution < 1.29 is 9.59 Å². The summed E-state index contributed by atoms with van der Waals surface area (Å²) in [5.41, 5.74) is 2.23. The summed E-state index contributed by atoms with van der Waals surface area (Å²) in [6.07, 6.45) is 13.8. The van der Waals surface area contributed by atoms with E-state index in [0.29, 0.717) is 5.91 Å². The maximum Gasteiger partial charge on any atom is 0.233 e. The molecule has 1 spiro atoms. The van der Waals surface area contributed by atoms with Crippen LogP contribution in [0.4, 0.5) is 0 Å². The molecule has 1 aromatic carbocycles. The molecule has 3 aliphatic rings. The summed E-state index contributed by atoms with van der Waals surface area (Å²) in [6, 6.07) is 14.5. The second-order valence-electron chi connectivity index (χ2n) is 10.7. The molecule has 1 saturated heterocycles. The van der Waals surface area contributed by atoms with E-state index in [1.165, 1.54) is 17.5 Å². The second-order valence-corrected chi connectivity index (χ2v) is 10.7. The molecule has 2 aliphatic carbocycles. The highest BCUT2D eigenvalue weighted by molar-refractivity contribution is 5.89. The van der Waals surface area contributed by atoms with Gasteiger partial charge in [-0.15, -0.1) is 0 Å². The van der Waals surface area contributed by atoms with E-state index in [4.69, 9.17) is 0 Å². The van der Waals surface area contributed by atoms with Gasteiger partial charge in [0.25, 0.3) is 0 Å². The highest BCUT2D eigenvalue weighted by Gasteiger charge is 2.59. The van der Waals surface area contributed by atoms with Gasteiger partial charge in [-0.05, 0) is 73.6 Å². The zero-order valence-electron chi connectivity index (χ0n) is 20.2. The number of aryl methyl sites for hydroxylation is 1. The number of benzene rings is 1. The van der Waals surface area contributed by atoms with Crippen molar-refractivity contribution in [1.82, 2.24) is 15.2 Å². The quantitative estimate of drug-likeness (QED) is 0.613. The third-order valence-electron chi connectivity index (χ3n) is 8.69. The highest BCUT2D eigenvalue weighted by Crippen LogP contribution is 2.59. The first kappa shape index (κ1) is 23.1. The van der Waals surface area contributed by atoms with E-state index in [2.05, 4.69) is 39.5 Å². The molecule has 1 atom stereocenters. The minimum atomic E-state index is -0.348. The van der Waals surface area contributed by atoms with Crippen LogP contribution in [0.25, 0.3) is 0 Å². The predicted octanol–water partition coefficient (Wildman–Crippen LogP) is 4.66. The third-order valence-corrected chi connectivity index (χ3v) is 8.69. The van der Waals surface area contributed by atoms with Gasteiger partial charge < -0.3 is 10.2 Å². The summed E-state index contributed by atoms with van der Waals surface area (Å²) in [6.45, 7) is 2.30. The number of amides is 2. The summed E-state index contributed by atoms with van der Waals surface area (Å²) in [5.74, 6) is 0.664. The van der Waals surface area contributed by atoms with Crippen LogP contribution in [0.1, 0.15) is 68.9 Å². The fourth-order valence-electron chi connectivity index (χ4n) is 6.44. The fourth-order valence-corrected chi connectivity index (χ4v) is 6.44. The lowest BCUT2D eigenvalue weighted by atomic mass is 9.68. The standard InChI is InChI=1S/C29H37N3O2/c33-26(31-17-7-8-23-11-18-30-19-12-23)25-22-28(25)15-20-32(21-16-28)27(34)29(13-5-2-6-14-29)24-9-3-1-4-10-24/h1,3-4,9-12,18-19,25H,2,5-8,13-17,20-22H2,(H,31,33)/t25-/m1/s1. The van der Waals surface area contributed by atoms with Gasteiger partial charge in [-0.25, -0.2) is 0 Å². The highest BCUT2D eigenvalue weighted by atomic mass is 16.2. The lowest BCUT2D eigenvalue weighted by Crippen LogP contribution is -2.51. The number of likely N-dealkylation sites (tertiary alicyclic amines) is 1. The molecule has 0 radical (unpaired) electrons. The van der Waals surface area contributed by atoms with Gasteiger partial charge in [0, 0.05) is 37.9 Å². The SMILES string of the molecule is O=C(NCCCc1ccncc1)[C@H]1CC12CCN(C(=O)C1(c3ccccc3)CCCCC1)CC2. The molecule has 2 heterocycles. The van der Waals surface area contributed by atoms with Crippen LogP contribution in [-0.2, 0) is 21.4 Å². The van der Waals surface area contributed by atoms with Crippen molar-refractivity contribution in [2.45, 2.75) is 69.6 Å². The first-order valence-corrected chi connectivity index (χ1v) is 13.1. The zero-order valence-corrected chi connectivity index (χ0v) is 20.2. The molecule has 0 bridgehead atoms. The summed E-state index contributed by atoms with van der Waals surface area (Å²) in [4.78, 5) is 32.8. The molecule has 1 aromatic heterocycles. The summed E-state index contributed by atoms with van der Waals surface area (Å²) < 4.78 is 0. The van der Waals surface area contributed by atoms with Gasteiger partial charge >= 0.3 is 0 Å². The number of nitrogens with one attached hydrogen (secondary N) is 1. The van der Waals surface area contributed by atoms with E-state index in [9.17, 15) is 9.59 Å². The summed E-state index contributed by atoms with van der Waals surface area (Å²) in [7, 11) is 0. The van der Waals surface area contributed by atoms with E-state index in [-0.39, 0.29) is 22.7 Å². The Bertz CT molecular complexity index is 977. The number of piperidine rings is 1. The largest absolute Gasteiger partial charge is 0.356 e. The Kier molecular flexibility index (Phi) is 6.71. The molecular weight excluding hydrogens is 422 g/mol. The Balaban J connectivity index is 1.13. The number of nitrogens with zero attached hydrogens (tertiary/aromatic N) is 2. The van der Waals surface area contributed by atoms with Gasteiger partial charge in [-0.2, -0.15) is 0 Å². The summed E-state index contributed by atoms with van der Waals surface area (Å²) >= 11 is 0. The van der Waals surface area contributed by atoms with Crippen LogP contribution < -0.4 is 5.32 Å². The van der Waals surface area contributed by atoms with Gasteiger partial charge in [-0.1, -0.05) is 49.6 Å². The van der Waals surface area contributed by atoms with Crippen LogP contribution in [0.5, 0.6) is 0 Å². The number of hydrogen-bond donors (Lipinski definition) is 1. The number of hydrogen-bond acceptors (Lipinski definition) is 3. The van der Waals surface area contributed by atoms with E-state index in [1.807, 2.05) is 30.6 Å². The molecule has 2 aromatic rings. The predicted molar refractivity (Wildman–Crippen MR) is 133 cm³/mol. The topological polar surface area (TPSA) is 62.3 Å². The molecule has 0 unspecified atom stereocenters. The summed E-state index contributed by atoms with van der Waals surface area (Å²) in [5, 5.41) is 3.16. The Labute approximate surface area is 203 Å². The zero-order chi connectivity index (χ0) is 23.4. The number of aromatic nitrogens is 1. The number of carbonyl (C=O) groups is 2. The van der Waals surface area contributed by atoms with Crippen molar-refractivity contribution in [1.29, 1.82) is 0 Å². The smallest absolute Gasteiger partial charge is 0.233 e. The number of rotatable bonds is 7. The van der Waals surface area contributed by atoms with Crippen LogP contribution in [0.15, 0.2) is 54.9 Å². The molecular formula is C29H37N3O2. The minimum Gasteiger partial charge on any atom is -0.356 e. The minimum absolute atomic E-state index is 0.123. The van der Waals surface area contributed by atoms with Crippen LogP contribution >= 0.6 is 0 Å². The Hall–Kier alpha value is -2.69. The Morgan fingerprint density at radius 2 is 1.65 bits per heavy atom. The molecule has 1 N–H and O–H groups in total. The molecule has 5 heteroatoms. The molecule has 2 saturated carbocycles. The molecule has 5 nitrogen and oxygen atoms in total. The Morgan fingerprint density at radius 3 is 2.35 bits per heavy atom. The van der Waals surface area contributed by atoms with Crippen molar-refractivity contribution in [2.75, 3.05) is 19.6 Å². The lowest BCUT2D eigenvalue weighted by Gasteiger charge is -2.43. The van der Waals surface area contributed by atoms with Crippen molar-refractivity contribution in [3.05, 3.63) is 66.0 Å². The molecule has 5 rings (SSSR count). The van der Waals surface area contributed by atoms with Gasteiger partial charge in [0.1, 0.15) is 0 Å². The van der Waals surface area contributed by atoms with E-state index >= 15 is 0 Å². The van der Waals surface area contributed by atoms with E-state index in [0.717, 1.165) is 77.4 Å². The third kappa shape index (κ3) is 4.62. The van der Waals surface area contributed by atoms with Gasteiger partial charge in [0.2, 0.25) is 11.8 Å². The molecule has 1 aliphatic heterocycles. The average Bonchev–Trinajstić information content (AvgIpc) is 3.61. The molecule has 180 valence electrons. The maximum atomic E-state index is 13.9. The first-order valence-electron chi connectivity index (χ1n) is 13.1. The van der Waals surface area contributed by atoms with E-state index in [1.54, 1.807) is 0 Å². The van der Waals surface area contributed by atoms with Crippen molar-refractivity contribution in [2.24, 2.45) is 11.3 Å². The fraction of sp³-hybridized carbons (Fsp3) is 0.552. The molecule has 2 amide bonds. The Morgan fingerprint density at radius 1 is 0.941 bits per heavy atom. The van der Waals surface area contributed by atoms with Crippen LogP contribution in [0.3, 0.4) is 0 Å². The molecule has 3 fully saturated rings. The average molecular weight is 460 g/mol. The normalized spacial score (nSPS) is 22.8. The van der Waals surface area contributed by atoms with Crippen LogP contribution in [0, 0.1) is 11.3 Å². The second kappa shape index (κ2) is 9.89. The molecule has 34 heavy (non-hydrogen) atoms. The van der Waals surface area contributed by atoms with Crippen molar-refractivity contribution in [3.8, 4) is 0 Å². The van der Waals surface area contributed by atoms with Gasteiger partial charge in [0.15, 0.2) is 0 Å². The van der Waals surface area contributed by atoms with Crippen molar-refractivity contribution >= 4 is 11.8 Å². The number of carbonyl (C=O) groups excluding carboxylic acids is 2. The van der Waals surface area contributed by atoms with Gasteiger partial charge in [0.05, 0.1) is 5.41 Å². The van der Waals surface area contributed by atoms with Crippen LogP contribution in [0.2, 0.25) is 0 Å². The maximum absolute atomic E-state index is 13.9. The lowest BCUT2D eigenvalue weighted by molar-refractivity contribution is -0.140. The van der Waals surface area contributed by atoms with Gasteiger partial charge in [-0.3, -0.25) is 14.6 Å². The number of pyridine rings is 1. The van der Waals surface area contributed by atoms with Crippen molar-refractivity contribution in [3.63, 3.8) is 0 Å².